The third-order valence-electron chi connectivity index (χ3n) is 6.52. The number of carboxylic acids is 1. The number of halogens is 1. The van der Waals surface area contributed by atoms with Gasteiger partial charge in [-0.3, -0.25) is 10.2 Å². The Balaban J connectivity index is 1.40. The maximum absolute atomic E-state index is 13.8. The van der Waals surface area contributed by atoms with Crippen molar-refractivity contribution in [1.82, 2.24) is 5.43 Å². The smallest absolute Gasteiger partial charge is 0.335 e. The molecule has 0 saturated carbocycles. The lowest BCUT2D eigenvalue weighted by Crippen LogP contribution is -2.50. The summed E-state index contributed by atoms with van der Waals surface area (Å²) in [6, 6.07) is 9.28. The third-order valence-corrected chi connectivity index (χ3v) is 6.52. The van der Waals surface area contributed by atoms with E-state index in [4.69, 9.17) is 0 Å². The lowest BCUT2D eigenvalue weighted by atomic mass is 9.84. The second-order valence-electron chi connectivity index (χ2n) is 8.85. The first-order valence-corrected chi connectivity index (χ1v) is 11.2. The first-order chi connectivity index (χ1) is 16.8. The Morgan fingerprint density at radius 3 is 2.80 bits per heavy atom. The molecule has 1 amide bonds. The molecule has 3 aliphatic rings. The number of anilines is 1. The van der Waals surface area contributed by atoms with Crippen LogP contribution in [0.5, 0.6) is 5.75 Å². The summed E-state index contributed by atoms with van der Waals surface area (Å²) in [6.45, 7) is 1.63. The van der Waals surface area contributed by atoms with Crippen molar-refractivity contribution >= 4 is 34.6 Å². The molecule has 5 rings (SSSR count). The van der Waals surface area contributed by atoms with Crippen molar-refractivity contribution < 1.29 is 24.2 Å². The number of hydrogen-bond acceptors (Lipinski definition) is 6. The number of phenols is 1. The highest BCUT2D eigenvalue weighted by atomic mass is 19.1. The minimum absolute atomic E-state index is 0.00392. The predicted molar refractivity (Wildman–Crippen MR) is 130 cm³/mol. The van der Waals surface area contributed by atoms with Crippen LogP contribution in [0.4, 0.5) is 10.1 Å². The molecule has 0 spiro atoms. The number of carbonyl (C=O) groups is 2. The molecule has 0 bridgehead atoms. The molecular formula is C26H23FN4O4. The largest absolute Gasteiger partial charge is 0.507 e. The zero-order chi connectivity index (χ0) is 24.7. The molecule has 0 fully saturated rings. The highest BCUT2D eigenvalue weighted by Gasteiger charge is 2.40. The van der Waals surface area contributed by atoms with Crippen molar-refractivity contribution in [3.8, 4) is 5.75 Å². The van der Waals surface area contributed by atoms with Crippen molar-refractivity contribution in [3.05, 3.63) is 77.1 Å². The van der Waals surface area contributed by atoms with Crippen LogP contribution in [0, 0.1) is 5.82 Å². The molecule has 9 heteroatoms. The van der Waals surface area contributed by atoms with Gasteiger partial charge in [0.2, 0.25) is 0 Å². The molecule has 0 aromatic heterocycles. The number of benzene rings is 2. The number of hydrazone groups is 2. The van der Waals surface area contributed by atoms with E-state index in [1.807, 2.05) is 18.2 Å². The maximum Gasteiger partial charge on any atom is 0.335 e. The number of rotatable bonds is 5. The van der Waals surface area contributed by atoms with Crippen LogP contribution in [0.3, 0.4) is 0 Å². The number of phenolic OH excluding ortho intramolecular Hbond substituents is 1. The highest BCUT2D eigenvalue weighted by Crippen LogP contribution is 2.35. The summed E-state index contributed by atoms with van der Waals surface area (Å²) >= 11 is 0. The average molecular weight is 474 g/mol. The molecule has 1 unspecified atom stereocenters. The molecule has 35 heavy (non-hydrogen) atoms. The van der Waals surface area contributed by atoms with Gasteiger partial charge < -0.3 is 10.2 Å². The Labute approximate surface area is 200 Å². The van der Waals surface area contributed by atoms with Crippen LogP contribution in [0.25, 0.3) is 5.57 Å². The molecular weight excluding hydrogens is 451 g/mol. The molecule has 3 N–H and O–H groups in total. The van der Waals surface area contributed by atoms with E-state index in [1.54, 1.807) is 13.0 Å². The molecule has 8 nitrogen and oxygen atoms in total. The summed E-state index contributed by atoms with van der Waals surface area (Å²) in [4.78, 5) is 25.4. The monoisotopic (exact) mass is 474 g/mol. The van der Waals surface area contributed by atoms with Gasteiger partial charge in [0.05, 0.1) is 11.4 Å². The number of nitrogens with one attached hydrogen (secondary N) is 1. The molecule has 0 radical (unpaired) electrons. The zero-order valence-corrected chi connectivity index (χ0v) is 19.0. The molecule has 2 aliphatic carbocycles. The van der Waals surface area contributed by atoms with Gasteiger partial charge in [0.1, 0.15) is 11.6 Å². The van der Waals surface area contributed by atoms with Gasteiger partial charge in [-0.1, -0.05) is 18.2 Å². The maximum atomic E-state index is 13.8. The number of hydrogen-bond donors (Lipinski definition) is 3. The van der Waals surface area contributed by atoms with Crippen molar-refractivity contribution in [3.63, 3.8) is 0 Å². The van der Waals surface area contributed by atoms with E-state index in [0.717, 1.165) is 31.4 Å². The second-order valence-corrected chi connectivity index (χ2v) is 8.85. The van der Waals surface area contributed by atoms with Crippen LogP contribution in [0.15, 0.2) is 64.8 Å². The summed E-state index contributed by atoms with van der Waals surface area (Å²) in [5, 5.41) is 30.0. The number of amides is 1. The van der Waals surface area contributed by atoms with Crippen molar-refractivity contribution in [2.45, 2.75) is 38.1 Å². The molecule has 2 aromatic rings. The van der Waals surface area contributed by atoms with E-state index in [1.165, 1.54) is 34.4 Å². The summed E-state index contributed by atoms with van der Waals surface area (Å²) in [6.07, 6.45) is 7.44. The van der Waals surface area contributed by atoms with Gasteiger partial charge in [-0.2, -0.15) is 15.2 Å². The minimum Gasteiger partial charge on any atom is -0.507 e. The van der Waals surface area contributed by atoms with E-state index in [9.17, 15) is 24.2 Å². The topological polar surface area (TPSA) is 115 Å². The van der Waals surface area contributed by atoms with Crippen LogP contribution in [0.1, 0.15) is 36.5 Å². The number of nitrogens with zero attached hydrogens (tertiary/aromatic N) is 3. The van der Waals surface area contributed by atoms with Gasteiger partial charge in [-0.05, 0) is 79.3 Å². The SMILES string of the molecule is CC1=NN(c2ccc3c(c2)CCC3)C(=O)/C1=N\NC1(C(=O)O)C=CC=C(c2cc(F)ccc2O)C1. The van der Waals surface area contributed by atoms with Crippen molar-refractivity contribution in [1.29, 1.82) is 0 Å². The molecule has 2 aromatic carbocycles. The van der Waals surface area contributed by atoms with Crippen LogP contribution in [-0.2, 0) is 22.4 Å². The van der Waals surface area contributed by atoms with Crippen LogP contribution >= 0.6 is 0 Å². The summed E-state index contributed by atoms with van der Waals surface area (Å²) in [5.74, 6) is -2.43. The third kappa shape index (κ3) is 3.99. The minimum atomic E-state index is -1.71. The van der Waals surface area contributed by atoms with Gasteiger partial charge >= 0.3 is 11.9 Å². The molecule has 178 valence electrons. The fourth-order valence-corrected chi connectivity index (χ4v) is 4.62. The fourth-order valence-electron chi connectivity index (χ4n) is 4.62. The Morgan fingerprint density at radius 1 is 1.20 bits per heavy atom. The standard InChI is InChI=1S/C26H23FN4O4/c1-15-23(24(33)31(29-15)20-9-7-16-4-2-5-17(16)12-20)28-30-26(25(34)35)11-3-6-18(14-26)21-13-19(27)8-10-22(21)32/h3,6-13,30,32H,2,4-5,14H2,1H3,(H,34,35)/b28-23-. The van der Waals surface area contributed by atoms with Crippen molar-refractivity contribution in [2.24, 2.45) is 10.2 Å². The first-order valence-electron chi connectivity index (χ1n) is 11.2. The van der Waals surface area contributed by atoms with Crippen molar-refractivity contribution in [2.75, 3.05) is 5.01 Å². The molecule has 0 saturated heterocycles. The number of carboxylic acid groups (broad SMARTS) is 1. The first kappa shape index (κ1) is 22.5. The fraction of sp³-hybridized carbons (Fsp3) is 0.231. The Kier molecular flexibility index (Phi) is 5.47. The van der Waals surface area contributed by atoms with E-state index in [-0.39, 0.29) is 23.4 Å². The Bertz CT molecular complexity index is 1380. The number of aliphatic carboxylic acids is 1. The average Bonchev–Trinajstić information content (AvgIpc) is 3.42. The summed E-state index contributed by atoms with van der Waals surface area (Å²) in [5.41, 5.74) is 4.99. The van der Waals surface area contributed by atoms with Gasteiger partial charge in [-0.25, -0.2) is 9.18 Å². The van der Waals surface area contributed by atoms with E-state index < -0.39 is 23.2 Å². The van der Waals surface area contributed by atoms with E-state index >= 15 is 0 Å². The van der Waals surface area contributed by atoms with E-state index in [2.05, 4.69) is 15.6 Å². The normalized spacial score (nSPS) is 22.3. The number of aryl methyl sites for hydroxylation is 2. The Hall–Kier alpha value is -4.27. The lowest BCUT2D eigenvalue weighted by molar-refractivity contribution is -0.142. The number of aromatic hydroxyl groups is 1. The summed E-state index contributed by atoms with van der Waals surface area (Å²) < 4.78 is 13.8. The van der Waals surface area contributed by atoms with Gasteiger partial charge in [0.25, 0.3) is 0 Å². The van der Waals surface area contributed by atoms with Gasteiger partial charge in [0.15, 0.2) is 11.3 Å². The van der Waals surface area contributed by atoms with Crippen LogP contribution in [-0.4, -0.2) is 39.1 Å². The predicted octanol–water partition coefficient (Wildman–Crippen LogP) is 3.56. The number of carbonyl (C=O) groups excluding carboxylic acids is 1. The van der Waals surface area contributed by atoms with Gasteiger partial charge in [-0.15, -0.1) is 0 Å². The lowest BCUT2D eigenvalue weighted by Gasteiger charge is -2.29. The second kappa shape index (κ2) is 8.50. The number of allylic oxidation sites excluding steroid dienone is 2. The molecule has 1 heterocycles. The van der Waals surface area contributed by atoms with Gasteiger partial charge in [0, 0.05) is 12.0 Å². The quantitative estimate of drug-likeness (QED) is 0.574. The zero-order valence-electron chi connectivity index (χ0n) is 19.0. The molecule has 1 atom stereocenters. The highest BCUT2D eigenvalue weighted by molar-refractivity contribution is 6.71. The Morgan fingerprint density at radius 2 is 2.00 bits per heavy atom. The number of fused-ring (bicyclic) bond motifs is 1. The van der Waals surface area contributed by atoms with Crippen LogP contribution < -0.4 is 10.4 Å². The molecule has 1 aliphatic heterocycles. The van der Waals surface area contributed by atoms with Crippen LogP contribution in [0.2, 0.25) is 0 Å². The van der Waals surface area contributed by atoms with E-state index in [0.29, 0.717) is 17.0 Å². The summed E-state index contributed by atoms with van der Waals surface area (Å²) in [7, 11) is 0.